The Morgan fingerprint density at radius 1 is 1.20 bits per heavy atom. The standard InChI is InChI=1S/C27H31N5O2S/c1-3-8-20-9-7-10-22(25(20)34)17-28-29-24(33)18-35-27-31-30-26(21-15-13-19(2)14-16-21)32(27)23-11-5-4-6-12-23/h3,7,9-10,13-17,23,34H,1,4-6,8,11-12,18H2,2H3,(H,29,33). The maximum Gasteiger partial charge on any atom is 0.250 e. The van der Waals surface area contributed by atoms with E-state index in [0.717, 1.165) is 34.9 Å². The third kappa shape index (κ3) is 6.19. The maximum atomic E-state index is 12.5. The average Bonchev–Trinajstić information content (AvgIpc) is 3.30. The van der Waals surface area contributed by atoms with Crippen LogP contribution < -0.4 is 5.43 Å². The number of thioether (sulfide) groups is 1. The van der Waals surface area contributed by atoms with Crippen molar-refractivity contribution in [3.8, 4) is 17.1 Å². The number of hydrogen-bond donors (Lipinski definition) is 2. The highest BCUT2D eigenvalue weighted by Gasteiger charge is 2.24. The molecule has 2 N–H and O–H groups in total. The SMILES string of the molecule is C=CCc1cccc(C=NNC(=O)CSc2nnc(-c3ccc(C)cc3)n2C2CCCCC2)c1O. The van der Waals surface area contributed by atoms with E-state index in [2.05, 4.69) is 63.1 Å². The van der Waals surface area contributed by atoms with Gasteiger partial charge in [-0.2, -0.15) is 5.10 Å². The molecule has 182 valence electrons. The zero-order chi connectivity index (χ0) is 24.6. The van der Waals surface area contributed by atoms with Gasteiger partial charge in [0.15, 0.2) is 11.0 Å². The number of aryl methyl sites for hydroxylation is 1. The lowest BCUT2D eigenvalue weighted by Gasteiger charge is -2.25. The first-order valence-corrected chi connectivity index (χ1v) is 12.9. The fourth-order valence-corrected chi connectivity index (χ4v) is 5.11. The Labute approximate surface area is 210 Å². The summed E-state index contributed by atoms with van der Waals surface area (Å²) in [6.45, 7) is 5.77. The fourth-order valence-electron chi connectivity index (χ4n) is 4.32. The van der Waals surface area contributed by atoms with Gasteiger partial charge in [-0.05, 0) is 37.8 Å². The Balaban J connectivity index is 1.44. The van der Waals surface area contributed by atoms with Gasteiger partial charge in [0, 0.05) is 17.2 Å². The summed E-state index contributed by atoms with van der Waals surface area (Å²) in [5.74, 6) is 0.915. The molecule has 0 unspecified atom stereocenters. The van der Waals surface area contributed by atoms with Crippen LogP contribution in [0.2, 0.25) is 0 Å². The van der Waals surface area contributed by atoms with Crippen LogP contribution in [0, 0.1) is 6.92 Å². The molecule has 4 rings (SSSR count). The van der Waals surface area contributed by atoms with Crippen LogP contribution in [0.1, 0.15) is 54.8 Å². The Morgan fingerprint density at radius 3 is 2.71 bits per heavy atom. The van der Waals surface area contributed by atoms with Crippen LogP contribution >= 0.6 is 11.8 Å². The molecule has 3 aromatic rings. The molecule has 8 heteroatoms. The van der Waals surface area contributed by atoms with Crippen LogP contribution in [-0.2, 0) is 11.2 Å². The molecule has 1 aromatic heterocycles. The molecule has 0 spiro atoms. The molecule has 0 bridgehead atoms. The van der Waals surface area contributed by atoms with Gasteiger partial charge in [-0.15, -0.1) is 16.8 Å². The lowest BCUT2D eigenvalue weighted by molar-refractivity contribution is -0.118. The van der Waals surface area contributed by atoms with Gasteiger partial charge in [0.2, 0.25) is 0 Å². The minimum Gasteiger partial charge on any atom is -0.507 e. The molecule has 35 heavy (non-hydrogen) atoms. The van der Waals surface area contributed by atoms with Crippen molar-refractivity contribution in [1.29, 1.82) is 0 Å². The lowest BCUT2D eigenvalue weighted by Crippen LogP contribution is -2.20. The number of phenols is 1. The number of hydrazone groups is 1. The molecule has 1 amide bonds. The summed E-state index contributed by atoms with van der Waals surface area (Å²) in [7, 11) is 0. The third-order valence-electron chi connectivity index (χ3n) is 6.15. The number of phenolic OH excluding ortho intramolecular Hbond substituents is 1. The zero-order valence-corrected chi connectivity index (χ0v) is 20.8. The molecular formula is C27H31N5O2S. The molecule has 0 radical (unpaired) electrons. The van der Waals surface area contributed by atoms with E-state index >= 15 is 0 Å². The van der Waals surface area contributed by atoms with E-state index in [1.807, 2.05) is 12.1 Å². The highest BCUT2D eigenvalue weighted by molar-refractivity contribution is 7.99. The van der Waals surface area contributed by atoms with Crippen LogP contribution in [0.3, 0.4) is 0 Å². The monoisotopic (exact) mass is 489 g/mol. The van der Waals surface area contributed by atoms with Crippen LogP contribution in [0.4, 0.5) is 0 Å². The molecule has 0 saturated heterocycles. The average molecular weight is 490 g/mol. The second-order valence-electron chi connectivity index (χ2n) is 8.76. The van der Waals surface area contributed by atoms with Gasteiger partial charge in [0.25, 0.3) is 5.91 Å². The van der Waals surface area contributed by atoms with Gasteiger partial charge >= 0.3 is 0 Å². The van der Waals surface area contributed by atoms with Gasteiger partial charge < -0.3 is 5.11 Å². The van der Waals surface area contributed by atoms with E-state index in [9.17, 15) is 9.90 Å². The molecule has 1 aliphatic carbocycles. The topological polar surface area (TPSA) is 92.4 Å². The van der Waals surface area contributed by atoms with Gasteiger partial charge in [-0.1, -0.05) is 79.1 Å². The number of nitrogens with zero attached hydrogens (tertiary/aromatic N) is 4. The maximum absolute atomic E-state index is 12.5. The first-order chi connectivity index (χ1) is 17.1. The van der Waals surface area contributed by atoms with Gasteiger partial charge in [0.05, 0.1) is 12.0 Å². The zero-order valence-electron chi connectivity index (χ0n) is 20.0. The quantitative estimate of drug-likeness (QED) is 0.181. The van der Waals surface area contributed by atoms with Gasteiger partial charge in [0.1, 0.15) is 5.75 Å². The normalized spacial score (nSPS) is 14.3. The number of amides is 1. The smallest absolute Gasteiger partial charge is 0.250 e. The summed E-state index contributed by atoms with van der Waals surface area (Å²) in [5.41, 5.74) is 6.08. The number of carbonyl (C=O) groups excluding carboxylic acids is 1. The van der Waals surface area contributed by atoms with Crippen LogP contribution in [0.15, 0.2) is 65.4 Å². The van der Waals surface area contributed by atoms with E-state index in [1.54, 1.807) is 12.1 Å². The summed E-state index contributed by atoms with van der Waals surface area (Å²) in [4.78, 5) is 12.5. The van der Waals surface area contributed by atoms with Crippen LogP contribution in [-0.4, -0.2) is 37.7 Å². The van der Waals surface area contributed by atoms with Gasteiger partial charge in [-0.25, -0.2) is 5.43 Å². The second kappa shape index (κ2) is 11.8. The van der Waals surface area contributed by atoms with E-state index < -0.39 is 0 Å². The number of rotatable bonds is 9. The molecule has 1 saturated carbocycles. The molecule has 2 aromatic carbocycles. The fraction of sp³-hybridized carbons (Fsp3) is 0.333. The highest BCUT2D eigenvalue weighted by Crippen LogP contribution is 2.35. The Kier molecular flexibility index (Phi) is 8.36. The Bertz CT molecular complexity index is 1200. The number of hydrogen-bond acceptors (Lipinski definition) is 6. The third-order valence-corrected chi connectivity index (χ3v) is 7.10. The number of nitrogens with one attached hydrogen (secondary N) is 1. The van der Waals surface area contributed by atoms with E-state index in [1.165, 1.54) is 42.8 Å². The summed E-state index contributed by atoms with van der Waals surface area (Å²) >= 11 is 1.37. The predicted molar refractivity (Wildman–Crippen MR) is 141 cm³/mol. The van der Waals surface area contributed by atoms with Crippen molar-refractivity contribution in [1.82, 2.24) is 20.2 Å². The number of aromatic hydroxyl groups is 1. The molecule has 1 fully saturated rings. The van der Waals surface area contributed by atoms with Crippen molar-refractivity contribution in [2.75, 3.05) is 5.75 Å². The molecule has 0 aliphatic heterocycles. The van der Waals surface area contributed by atoms with Crippen LogP contribution in [0.25, 0.3) is 11.4 Å². The Morgan fingerprint density at radius 2 is 1.97 bits per heavy atom. The van der Waals surface area contributed by atoms with Crippen molar-refractivity contribution >= 4 is 23.9 Å². The van der Waals surface area contributed by atoms with E-state index in [4.69, 9.17) is 0 Å². The molecule has 1 aliphatic rings. The highest BCUT2D eigenvalue weighted by atomic mass is 32.2. The molecule has 1 heterocycles. The number of benzene rings is 2. The summed E-state index contributed by atoms with van der Waals surface area (Å²) in [6, 6.07) is 14.1. The summed E-state index contributed by atoms with van der Waals surface area (Å²) < 4.78 is 2.22. The summed E-state index contributed by atoms with van der Waals surface area (Å²) in [5, 5.41) is 24.0. The first kappa shape index (κ1) is 24.7. The molecular weight excluding hydrogens is 458 g/mol. The summed E-state index contributed by atoms with van der Waals surface area (Å²) in [6.07, 6.45) is 9.56. The number of aromatic nitrogens is 3. The minimum atomic E-state index is -0.247. The molecule has 0 atom stereocenters. The van der Waals surface area contributed by atoms with E-state index in [-0.39, 0.29) is 17.4 Å². The Hall–Kier alpha value is -3.39. The second-order valence-corrected chi connectivity index (χ2v) is 9.71. The molecule has 7 nitrogen and oxygen atoms in total. The van der Waals surface area contributed by atoms with Gasteiger partial charge in [-0.3, -0.25) is 9.36 Å². The van der Waals surface area contributed by atoms with Crippen molar-refractivity contribution < 1.29 is 9.90 Å². The van der Waals surface area contributed by atoms with E-state index in [0.29, 0.717) is 18.0 Å². The number of para-hydroxylation sites is 1. The van der Waals surface area contributed by atoms with Crippen LogP contribution in [0.5, 0.6) is 5.75 Å². The largest absolute Gasteiger partial charge is 0.507 e. The lowest BCUT2D eigenvalue weighted by atomic mass is 9.95. The minimum absolute atomic E-state index is 0.143. The van der Waals surface area contributed by atoms with Crippen molar-refractivity contribution in [3.63, 3.8) is 0 Å². The first-order valence-electron chi connectivity index (χ1n) is 11.9. The number of carbonyl (C=O) groups is 1. The number of allylic oxidation sites excluding steroid dienone is 1. The predicted octanol–water partition coefficient (Wildman–Crippen LogP) is 5.44. The van der Waals surface area contributed by atoms with Crippen molar-refractivity contribution in [2.24, 2.45) is 5.10 Å². The van der Waals surface area contributed by atoms with Crippen molar-refractivity contribution in [2.45, 2.75) is 56.6 Å². The van der Waals surface area contributed by atoms with Crippen molar-refractivity contribution in [3.05, 3.63) is 71.8 Å².